The van der Waals surface area contributed by atoms with Crippen LogP contribution in [0, 0.1) is 10.8 Å². The monoisotopic (exact) mass is 581 g/mol. The molecule has 2 fully saturated rings. The Morgan fingerprint density at radius 1 is 1.18 bits per heavy atom. The normalized spacial score (nSPS) is 19.4. The van der Waals surface area contributed by atoms with Crippen LogP contribution in [0.3, 0.4) is 0 Å². The molecule has 1 saturated heterocycles. The van der Waals surface area contributed by atoms with Gasteiger partial charge in [0.15, 0.2) is 5.82 Å². The van der Waals surface area contributed by atoms with Crippen molar-refractivity contribution in [3.63, 3.8) is 0 Å². The number of pyridine rings is 1. The van der Waals surface area contributed by atoms with Crippen LogP contribution in [0.2, 0.25) is 0 Å². The molecule has 1 amide bonds. The second-order valence-corrected chi connectivity index (χ2v) is 13.5. The van der Waals surface area contributed by atoms with Gasteiger partial charge >= 0.3 is 6.18 Å². The number of hydrogen-bond donors (Lipinski definition) is 2. The lowest BCUT2D eigenvalue weighted by molar-refractivity contribution is -0.194. The summed E-state index contributed by atoms with van der Waals surface area (Å²) in [5, 5.41) is 10.3. The zero-order valence-corrected chi connectivity index (χ0v) is 23.2. The molecule has 3 aromatic rings. The summed E-state index contributed by atoms with van der Waals surface area (Å²) in [5.41, 5.74) is -2.35. The number of rotatable bonds is 8. The highest BCUT2D eigenvalue weighted by atomic mass is 32.2. The topological polar surface area (TPSA) is 135 Å². The number of aromatic nitrogens is 5. The maximum atomic E-state index is 13.3. The Bertz CT molecular complexity index is 1530. The molecule has 1 aliphatic heterocycles. The minimum Gasteiger partial charge on any atom is -0.476 e. The zero-order chi connectivity index (χ0) is 29.1. The van der Waals surface area contributed by atoms with Crippen molar-refractivity contribution in [2.24, 2.45) is 10.8 Å². The minimum absolute atomic E-state index is 0.00883. The first kappa shape index (κ1) is 27.9. The average molecular weight is 582 g/mol. The lowest BCUT2D eigenvalue weighted by Gasteiger charge is -2.33. The second kappa shape index (κ2) is 9.21. The first-order valence-electron chi connectivity index (χ1n) is 12.6. The van der Waals surface area contributed by atoms with Crippen molar-refractivity contribution >= 4 is 21.7 Å². The molecule has 0 aromatic carbocycles. The van der Waals surface area contributed by atoms with Gasteiger partial charge in [-0.15, -0.1) is 5.10 Å². The number of halogens is 3. The molecule has 15 heteroatoms. The van der Waals surface area contributed by atoms with Gasteiger partial charge in [-0.3, -0.25) is 9.89 Å². The molecule has 0 spiro atoms. The number of alkyl halides is 3. The van der Waals surface area contributed by atoms with Gasteiger partial charge in [0.1, 0.15) is 22.7 Å². The van der Waals surface area contributed by atoms with Gasteiger partial charge in [-0.1, -0.05) is 13.8 Å². The molecule has 1 saturated carbocycles. The van der Waals surface area contributed by atoms with Gasteiger partial charge in [0.05, 0.1) is 11.8 Å². The fourth-order valence-corrected chi connectivity index (χ4v) is 6.15. The molecule has 3 aromatic heterocycles. The van der Waals surface area contributed by atoms with Crippen LogP contribution in [-0.2, 0) is 10.0 Å². The lowest BCUT2D eigenvalue weighted by atomic mass is 9.86. The third kappa shape index (κ3) is 5.25. The number of nitrogens with one attached hydrogen (secondary N) is 2. The molecule has 1 aliphatic carbocycles. The summed E-state index contributed by atoms with van der Waals surface area (Å²) in [6.45, 7) is 8.22. The van der Waals surface area contributed by atoms with Gasteiger partial charge in [-0.05, 0) is 50.7 Å². The van der Waals surface area contributed by atoms with E-state index in [0.29, 0.717) is 6.54 Å². The Morgan fingerprint density at radius 2 is 1.90 bits per heavy atom. The summed E-state index contributed by atoms with van der Waals surface area (Å²) in [5.74, 6) is -0.340. The lowest BCUT2D eigenvalue weighted by Crippen LogP contribution is -2.41. The van der Waals surface area contributed by atoms with Crippen molar-refractivity contribution in [3.05, 3.63) is 42.4 Å². The van der Waals surface area contributed by atoms with E-state index in [-0.39, 0.29) is 46.2 Å². The Morgan fingerprint density at radius 3 is 2.48 bits per heavy atom. The molecule has 0 bridgehead atoms. The quantitative estimate of drug-likeness (QED) is 0.410. The van der Waals surface area contributed by atoms with Gasteiger partial charge in [-0.25, -0.2) is 22.8 Å². The fraction of sp³-hybridized carbons (Fsp3) is 0.520. The maximum Gasteiger partial charge on any atom is 0.397 e. The number of amides is 1. The van der Waals surface area contributed by atoms with E-state index < -0.39 is 39.7 Å². The van der Waals surface area contributed by atoms with Gasteiger partial charge in [0.25, 0.3) is 15.9 Å². The Hall–Kier alpha value is -3.62. The Kier molecular flexibility index (Phi) is 6.43. The van der Waals surface area contributed by atoms with Crippen molar-refractivity contribution < 1.29 is 31.1 Å². The minimum atomic E-state index is -4.34. The number of ether oxygens (including phenoxy) is 1. The number of hydrogen-bond acceptors (Lipinski definition) is 8. The highest BCUT2D eigenvalue weighted by molar-refractivity contribution is 7.90. The third-order valence-corrected chi connectivity index (χ3v) is 8.65. The van der Waals surface area contributed by atoms with Crippen LogP contribution in [-0.4, -0.2) is 64.2 Å². The summed E-state index contributed by atoms with van der Waals surface area (Å²) in [7, 11) is -4.19. The van der Waals surface area contributed by atoms with Crippen LogP contribution < -0.4 is 14.4 Å². The van der Waals surface area contributed by atoms with Crippen LogP contribution in [0.25, 0.3) is 5.82 Å². The SMILES string of the molecule is CC1(C)CN(c2nc(-n3ccc(OCC4(C(F)(F)F)CC4)n3)ccc2C(=O)NS(=O)(=O)c2cn[nH]c2)C(C)(C)C1. The number of carbonyl (C=O) groups excluding carboxylic acids is 1. The zero-order valence-electron chi connectivity index (χ0n) is 22.4. The van der Waals surface area contributed by atoms with Crippen LogP contribution in [0.4, 0.5) is 19.0 Å². The summed E-state index contributed by atoms with van der Waals surface area (Å²) in [6, 6.07) is 4.37. The van der Waals surface area contributed by atoms with E-state index in [9.17, 15) is 26.4 Å². The summed E-state index contributed by atoms with van der Waals surface area (Å²) in [4.78, 5) is 19.8. The van der Waals surface area contributed by atoms with E-state index in [1.807, 2.05) is 18.7 Å². The number of aromatic amines is 1. The first-order valence-corrected chi connectivity index (χ1v) is 14.1. The van der Waals surface area contributed by atoms with Crippen molar-refractivity contribution in [2.75, 3.05) is 18.1 Å². The maximum absolute atomic E-state index is 13.3. The number of nitrogens with zero attached hydrogens (tertiary/aromatic N) is 5. The molecule has 0 unspecified atom stereocenters. The van der Waals surface area contributed by atoms with E-state index in [4.69, 9.17) is 9.72 Å². The van der Waals surface area contributed by atoms with E-state index in [2.05, 4.69) is 33.9 Å². The van der Waals surface area contributed by atoms with Crippen LogP contribution >= 0.6 is 0 Å². The highest BCUT2D eigenvalue weighted by Crippen LogP contribution is 2.57. The van der Waals surface area contributed by atoms with Crippen molar-refractivity contribution in [2.45, 2.75) is 63.6 Å². The number of carbonyl (C=O) groups is 1. The molecule has 40 heavy (non-hydrogen) atoms. The highest BCUT2D eigenvalue weighted by Gasteiger charge is 2.64. The van der Waals surface area contributed by atoms with Gasteiger partial charge in [0.2, 0.25) is 5.88 Å². The Labute approximate surface area is 229 Å². The predicted molar refractivity (Wildman–Crippen MR) is 138 cm³/mol. The molecular weight excluding hydrogens is 551 g/mol. The molecule has 2 aliphatic rings. The Balaban J connectivity index is 1.46. The van der Waals surface area contributed by atoms with E-state index in [0.717, 1.165) is 18.8 Å². The number of anilines is 1. The summed E-state index contributed by atoms with van der Waals surface area (Å²) >= 11 is 0. The summed E-state index contributed by atoms with van der Waals surface area (Å²) in [6.07, 6.45) is 0.206. The number of sulfonamides is 1. The van der Waals surface area contributed by atoms with E-state index in [1.165, 1.54) is 29.1 Å². The molecule has 2 N–H and O–H groups in total. The van der Waals surface area contributed by atoms with Gasteiger partial charge in [0, 0.05) is 30.5 Å². The predicted octanol–water partition coefficient (Wildman–Crippen LogP) is 3.85. The van der Waals surface area contributed by atoms with Gasteiger partial charge in [-0.2, -0.15) is 18.3 Å². The fourth-order valence-electron chi connectivity index (χ4n) is 5.28. The van der Waals surface area contributed by atoms with Crippen LogP contribution in [0.15, 0.2) is 41.7 Å². The molecule has 0 radical (unpaired) electrons. The smallest absolute Gasteiger partial charge is 0.397 e. The van der Waals surface area contributed by atoms with E-state index >= 15 is 0 Å². The second-order valence-electron chi connectivity index (χ2n) is 11.8. The molecule has 216 valence electrons. The standard InChI is InChI=1S/C25H30F3N7O4S/c1-22(2)13-23(3,4)34(14-22)20-17(21(36)33-40(37,38)16-11-29-30-12-16)5-6-18(31-20)35-10-7-19(32-35)39-15-24(8-9-24)25(26,27)28/h5-7,10-12H,8-9,13-15H2,1-4H3,(H,29,30)(H,33,36). The molecule has 4 heterocycles. The number of H-pyrrole nitrogens is 1. The van der Waals surface area contributed by atoms with Gasteiger partial charge < -0.3 is 9.64 Å². The molecular formula is C25H30F3N7O4S. The first-order chi connectivity index (χ1) is 18.5. The molecule has 0 atom stereocenters. The third-order valence-electron chi connectivity index (χ3n) is 7.35. The molecule has 5 rings (SSSR count). The van der Waals surface area contributed by atoms with Crippen molar-refractivity contribution in [1.82, 2.24) is 29.7 Å². The van der Waals surface area contributed by atoms with Crippen LogP contribution in [0.1, 0.15) is 57.3 Å². The van der Waals surface area contributed by atoms with E-state index in [1.54, 1.807) is 0 Å². The summed E-state index contributed by atoms with van der Waals surface area (Å²) < 4.78 is 74.0. The van der Waals surface area contributed by atoms with Crippen molar-refractivity contribution in [3.8, 4) is 11.7 Å². The average Bonchev–Trinajstić information content (AvgIpc) is 3.19. The van der Waals surface area contributed by atoms with Crippen molar-refractivity contribution in [1.29, 1.82) is 0 Å². The molecule has 11 nitrogen and oxygen atoms in total. The van der Waals surface area contributed by atoms with Crippen LogP contribution in [0.5, 0.6) is 5.88 Å². The largest absolute Gasteiger partial charge is 0.476 e.